The second-order valence-corrected chi connectivity index (χ2v) is 9.34. The molecule has 0 saturated carbocycles. The number of hydrogen-bond donors (Lipinski definition) is 1. The Hall–Kier alpha value is -3.20. The van der Waals surface area contributed by atoms with E-state index in [0.29, 0.717) is 36.8 Å². The number of carbonyl (C=O) groups excluding carboxylic acids is 1. The number of anilines is 1. The summed E-state index contributed by atoms with van der Waals surface area (Å²) in [4.78, 5) is 12.7. The van der Waals surface area contributed by atoms with Crippen molar-refractivity contribution in [2.45, 2.75) is 18.4 Å². The average molecular weight is 469 g/mol. The molecule has 33 heavy (non-hydrogen) atoms. The van der Waals surface area contributed by atoms with Gasteiger partial charge in [-0.25, -0.2) is 8.42 Å². The quantitative estimate of drug-likeness (QED) is 0.427. The van der Waals surface area contributed by atoms with Crippen LogP contribution in [0.4, 0.5) is 5.69 Å². The molecule has 1 amide bonds. The van der Waals surface area contributed by atoms with Crippen LogP contribution in [0.3, 0.4) is 0 Å². The van der Waals surface area contributed by atoms with Gasteiger partial charge in [0.25, 0.3) is 5.91 Å². The summed E-state index contributed by atoms with van der Waals surface area (Å²) in [5.74, 6) is 0.355. The Morgan fingerprint density at radius 2 is 1.58 bits per heavy atom. The van der Waals surface area contributed by atoms with E-state index in [2.05, 4.69) is 5.32 Å². The highest BCUT2D eigenvalue weighted by Crippen LogP contribution is 2.20. The standard InChI is InChI=1S/C25H28N2O5S/c1-3-31-17-18-32-23-13-9-21(10-14-23)25(28)26-22-11-15-24(16-12-22)33(29,30)27(2)19-20-7-5-4-6-8-20/h4-16H,3,17-19H2,1-2H3,(H,26,28). The number of nitrogens with one attached hydrogen (secondary N) is 1. The van der Waals surface area contributed by atoms with Crippen molar-refractivity contribution in [1.29, 1.82) is 0 Å². The third kappa shape index (κ3) is 6.89. The highest BCUT2D eigenvalue weighted by molar-refractivity contribution is 7.89. The molecule has 174 valence electrons. The monoisotopic (exact) mass is 468 g/mol. The van der Waals surface area contributed by atoms with E-state index in [0.717, 1.165) is 5.56 Å². The summed E-state index contributed by atoms with van der Waals surface area (Å²) in [7, 11) is -2.11. The van der Waals surface area contributed by atoms with Crippen molar-refractivity contribution in [2.75, 3.05) is 32.2 Å². The van der Waals surface area contributed by atoms with Gasteiger partial charge in [-0.05, 0) is 61.0 Å². The van der Waals surface area contributed by atoms with E-state index in [1.54, 1.807) is 43.4 Å². The molecule has 7 nitrogen and oxygen atoms in total. The smallest absolute Gasteiger partial charge is 0.255 e. The predicted octanol–water partition coefficient (Wildman–Crippen LogP) is 4.17. The van der Waals surface area contributed by atoms with Crippen molar-refractivity contribution < 1.29 is 22.7 Å². The van der Waals surface area contributed by atoms with Gasteiger partial charge in [-0.2, -0.15) is 4.31 Å². The van der Waals surface area contributed by atoms with Crippen LogP contribution >= 0.6 is 0 Å². The summed E-state index contributed by atoms with van der Waals surface area (Å²) >= 11 is 0. The summed E-state index contributed by atoms with van der Waals surface area (Å²) in [5.41, 5.74) is 1.87. The number of benzene rings is 3. The van der Waals surface area contributed by atoms with Gasteiger partial charge in [0.05, 0.1) is 11.5 Å². The van der Waals surface area contributed by atoms with Gasteiger partial charge in [0, 0.05) is 31.5 Å². The molecule has 0 unspecified atom stereocenters. The summed E-state index contributed by atoms with van der Waals surface area (Å²) in [6, 6.07) is 22.3. The molecular weight excluding hydrogens is 440 g/mol. The molecule has 0 aliphatic heterocycles. The minimum atomic E-state index is -3.65. The van der Waals surface area contributed by atoms with Gasteiger partial charge < -0.3 is 14.8 Å². The highest BCUT2D eigenvalue weighted by Gasteiger charge is 2.21. The number of nitrogens with zero attached hydrogens (tertiary/aromatic N) is 1. The first-order chi connectivity index (χ1) is 15.9. The van der Waals surface area contributed by atoms with Crippen LogP contribution in [-0.4, -0.2) is 45.5 Å². The van der Waals surface area contributed by atoms with Crippen LogP contribution in [0, 0.1) is 0 Å². The fraction of sp³-hybridized carbons (Fsp3) is 0.240. The molecule has 3 aromatic rings. The van der Waals surface area contributed by atoms with Crippen molar-refractivity contribution in [1.82, 2.24) is 4.31 Å². The molecule has 0 aliphatic carbocycles. The second kappa shape index (κ2) is 11.6. The van der Waals surface area contributed by atoms with Crippen molar-refractivity contribution >= 4 is 21.6 Å². The topological polar surface area (TPSA) is 84.9 Å². The van der Waals surface area contributed by atoms with E-state index in [1.807, 2.05) is 37.3 Å². The van der Waals surface area contributed by atoms with E-state index >= 15 is 0 Å². The number of amides is 1. The number of rotatable bonds is 11. The molecule has 0 atom stereocenters. The molecule has 0 radical (unpaired) electrons. The normalized spacial score (nSPS) is 11.4. The van der Waals surface area contributed by atoms with Crippen molar-refractivity contribution in [3.8, 4) is 5.75 Å². The maximum Gasteiger partial charge on any atom is 0.255 e. The van der Waals surface area contributed by atoms with Crippen molar-refractivity contribution in [3.05, 3.63) is 90.0 Å². The molecule has 1 N–H and O–H groups in total. The van der Waals surface area contributed by atoms with Crippen LogP contribution < -0.4 is 10.1 Å². The molecule has 3 aromatic carbocycles. The molecule has 0 bridgehead atoms. The zero-order chi connectivity index (χ0) is 23.7. The van der Waals surface area contributed by atoms with Gasteiger partial charge in [0.15, 0.2) is 0 Å². The Bertz CT molecular complexity index is 1130. The van der Waals surface area contributed by atoms with Gasteiger partial charge in [0.1, 0.15) is 12.4 Å². The van der Waals surface area contributed by atoms with Crippen LogP contribution in [0.2, 0.25) is 0 Å². The van der Waals surface area contributed by atoms with Crippen LogP contribution in [0.1, 0.15) is 22.8 Å². The maximum absolute atomic E-state index is 12.9. The number of hydrogen-bond acceptors (Lipinski definition) is 5. The third-order valence-corrected chi connectivity index (χ3v) is 6.70. The van der Waals surface area contributed by atoms with E-state index in [-0.39, 0.29) is 17.3 Å². The molecule has 0 saturated heterocycles. The lowest BCUT2D eigenvalue weighted by Crippen LogP contribution is -2.26. The summed E-state index contributed by atoms with van der Waals surface area (Å²) in [6.45, 7) is 3.78. The molecule has 0 heterocycles. The number of ether oxygens (including phenoxy) is 2. The summed E-state index contributed by atoms with van der Waals surface area (Å²) < 4.78 is 37.8. The fourth-order valence-electron chi connectivity index (χ4n) is 3.08. The Morgan fingerprint density at radius 1 is 0.909 bits per heavy atom. The summed E-state index contributed by atoms with van der Waals surface area (Å²) in [5, 5.41) is 2.78. The average Bonchev–Trinajstić information content (AvgIpc) is 2.83. The van der Waals surface area contributed by atoms with Gasteiger partial charge in [-0.1, -0.05) is 30.3 Å². The van der Waals surface area contributed by atoms with Gasteiger partial charge in [-0.3, -0.25) is 4.79 Å². The summed E-state index contributed by atoms with van der Waals surface area (Å²) in [6.07, 6.45) is 0. The van der Waals surface area contributed by atoms with E-state index < -0.39 is 10.0 Å². The molecule has 0 aromatic heterocycles. The first-order valence-electron chi connectivity index (χ1n) is 10.6. The van der Waals surface area contributed by atoms with E-state index in [1.165, 1.54) is 16.4 Å². The van der Waals surface area contributed by atoms with Crippen LogP contribution in [0.25, 0.3) is 0 Å². The Balaban J connectivity index is 1.59. The molecule has 3 rings (SSSR count). The molecule has 0 fully saturated rings. The fourth-order valence-corrected chi connectivity index (χ4v) is 4.24. The van der Waals surface area contributed by atoms with Crippen LogP contribution in [0.5, 0.6) is 5.75 Å². The lowest BCUT2D eigenvalue weighted by molar-refractivity contribution is 0.102. The SMILES string of the molecule is CCOCCOc1ccc(C(=O)Nc2ccc(S(=O)(=O)N(C)Cc3ccccc3)cc2)cc1. The second-order valence-electron chi connectivity index (χ2n) is 7.29. The third-order valence-electron chi connectivity index (χ3n) is 4.89. The Labute approximate surface area is 195 Å². The van der Waals surface area contributed by atoms with Gasteiger partial charge >= 0.3 is 0 Å². The zero-order valence-corrected chi connectivity index (χ0v) is 19.5. The molecule has 0 spiro atoms. The van der Waals surface area contributed by atoms with E-state index in [4.69, 9.17) is 9.47 Å². The Kier molecular flexibility index (Phi) is 8.59. The first-order valence-corrected chi connectivity index (χ1v) is 12.1. The lowest BCUT2D eigenvalue weighted by Gasteiger charge is -2.17. The number of carbonyl (C=O) groups is 1. The molecule has 0 aliphatic rings. The predicted molar refractivity (Wildman–Crippen MR) is 128 cm³/mol. The van der Waals surface area contributed by atoms with Gasteiger partial charge in [-0.15, -0.1) is 0 Å². The molecular formula is C25H28N2O5S. The minimum absolute atomic E-state index is 0.160. The Morgan fingerprint density at radius 3 is 2.21 bits per heavy atom. The lowest BCUT2D eigenvalue weighted by atomic mass is 10.2. The highest BCUT2D eigenvalue weighted by atomic mass is 32.2. The van der Waals surface area contributed by atoms with Gasteiger partial charge in [0.2, 0.25) is 10.0 Å². The molecule has 8 heteroatoms. The van der Waals surface area contributed by atoms with E-state index in [9.17, 15) is 13.2 Å². The van der Waals surface area contributed by atoms with Crippen molar-refractivity contribution in [2.24, 2.45) is 0 Å². The largest absolute Gasteiger partial charge is 0.491 e. The van der Waals surface area contributed by atoms with Crippen LogP contribution in [-0.2, 0) is 21.3 Å². The number of sulfonamides is 1. The minimum Gasteiger partial charge on any atom is -0.491 e. The van der Waals surface area contributed by atoms with Crippen molar-refractivity contribution in [3.63, 3.8) is 0 Å². The first kappa shape index (κ1) is 24.4. The maximum atomic E-state index is 12.9. The van der Waals surface area contributed by atoms with Crippen LogP contribution in [0.15, 0.2) is 83.8 Å². The zero-order valence-electron chi connectivity index (χ0n) is 18.7.